The van der Waals surface area contributed by atoms with Crippen LogP contribution in [0.5, 0.6) is 0 Å². The van der Waals surface area contributed by atoms with Crippen LogP contribution in [0.4, 0.5) is 0 Å². The van der Waals surface area contributed by atoms with Crippen molar-refractivity contribution in [2.75, 3.05) is 0 Å². The number of imidazole rings is 1. The Morgan fingerprint density at radius 2 is 2.00 bits per heavy atom. The highest BCUT2D eigenvalue weighted by Gasteiger charge is 2.10. The Morgan fingerprint density at radius 1 is 1.11 bits per heavy atom. The number of rotatable bonds is 0. The molecule has 4 aromatic rings. The molecule has 1 N–H and O–H groups in total. The van der Waals surface area contributed by atoms with Gasteiger partial charge in [0.15, 0.2) is 5.65 Å². The van der Waals surface area contributed by atoms with Crippen LogP contribution in [0.15, 0.2) is 47.4 Å². The summed E-state index contributed by atoms with van der Waals surface area (Å²) in [5.74, 6) is 0.521. The number of para-hydroxylation sites is 1. The van der Waals surface area contributed by atoms with Gasteiger partial charge in [-0.15, -0.1) is 0 Å². The number of aromatic nitrogens is 4. The molecular weight excluding hydrogens is 228 g/mol. The van der Waals surface area contributed by atoms with Gasteiger partial charge in [0, 0.05) is 6.20 Å². The standard InChI is InChI=1S/C13H8N4O/c18-12-8-4-1-2-6-10(8)17-11-9(5-3-7-14-11)15-13(17)16-12/h1-7H,(H,15,16,18). The number of hydrogen-bond donors (Lipinski definition) is 1. The predicted octanol–water partition coefficient (Wildman–Crippen LogP) is 1.72. The Bertz CT molecular complexity index is 951. The van der Waals surface area contributed by atoms with Gasteiger partial charge in [0.2, 0.25) is 5.78 Å². The van der Waals surface area contributed by atoms with Crippen molar-refractivity contribution in [2.45, 2.75) is 0 Å². The second-order valence-corrected chi connectivity index (χ2v) is 4.09. The van der Waals surface area contributed by atoms with Gasteiger partial charge in [-0.2, -0.15) is 0 Å². The minimum Gasteiger partial charge on any atom is -0.291 e. The lowest BCUT2D eigenvalue weighted by atomic mass is 10.2. The average molecular weight is 236 g/mol. The van der Waals surface area contributed by atoms with Gasteiger partial charge in [0.25, 0.3) is 5.56 Å². The molecule has 0 fully saturated rings. The molecule has 5 heteroatoms. The first-order valence-electron chi connectivity index (χ1n) is 5.59. The van der Waals surface area contributed by atoms with Crippen LogP contribution in [0, 0.1) is 0 Å². The monoisotopic (exact) mass is 236 g/mol. The summed E-state index contributed by atoms with van der Waals surface area (Å²) in [5, 5.41) is 0.634. The highest BCUT2D eigenvalue weighted by atomic mass is 16.1. The molecule has 1 aromatic carbocycles. The van der Waals surface area contributed by atoms with Crippen LogP contribution in [0.2, 0.25) is 0 Å². The van der Waals surface area contributed by atoms with E-state index < -0.39 is 0 Å². The second kappa shape index (κ2) is 3.16. The van der Waals surface area contributed by atoms with E-state index in [-0.39, 0.29) is 5.56 Å². The molecular formula is C13H8N4O. The molecule has 0 saturated heterocycles. The van der Waals surface area contributed by atoms with Gasteiger partial charge in [0.1, 0.15) is 5.52 Å². The molecule has 18 heavy (non-hydrogen) atoms. The Morgan fingerprint density at radius 3 is 2.94 bits per heavy atom. The summed E-state index contributed by atoms with van der Waals surface area (Å²) in [5.41, 5.74) is 2.20. The molecule has 5 nitrogen and oxygen atoms in total. The van der Waals surface area contributed by atoms with E-state index >= 15 is 0 Å². The summed E-state index contributed by atoms with van der Waals surface area (Å²) in [7, 11) is 0. The van der Waals surface area contributed by atoms with Crippen molar-refractivity contribution in [2.24, 2.45) is 0 Å². The fourth-order valence-electron chi connectivity index (χ4n) is 2.25. The number of aromatic amines is 1. The summed E-state index contributed by atoms with van der Waals surface area (Å²) in [4.78, 5) is 23.4. The average Bonchev–Trinajstić information content (AvgIpc) is 2.77. The van der Waals surface area contributed by atoms with Gasteiger partial charge in [0.05, 0.1) is 10.9 Å². The minimum atomic E-state index is -0.131. The molecule has 0 spiro atoms. The van der Waals surface area contributed by atoms with Crippen LogP contribution in [0.25, 0.3) is 27.8 Å². The summed E-state index contributed by atoms with van der Waals surface area (Å²) in [6, 6.07) is 11.1. The highest BCUT2D eigenvalue weighted by Crippen LogP contribution is 2.17. The fourth-order valence-corrected chi connectivity index (χ4v) is 2.25. The molecule has 3 heterocycles. The lowest BCUT2D eigenvalue weighted by molar-refractivity contribution is 1.14. The first-order chi connectivity index (χ1) is 8.84. The Hall–Kier alpha value is -2.69. The molecule has 0 bridgehead atoms. The van der Waals surface area contributed by atoms with Gasteiger partial charge in [-0.1, -0.05) is 12.1 Å². The van der Waals surface area contributed by atoms with Crippen molar-refractivity contribution in [3.63, 3.8) is 0 Å². The maximum absolute atomic E-state index is 11.9. The number of fused-ring (bicyclic) bond motifs is 5. The van der Waals surface area contributed by atoms with Crippen LogP contribution in [-0.4, -0.2) is 19.4 Å². The Labute approximate surface area is 101 Å². The third kappa shape index (κ3) is 1.08. The van der Waals surface area contributed by atoms with Gasteiger partial charge in [-0.3, -0.25) is 14.2 Å². The molecule has 0 aliphatic heterocycles. The number of benzene rings is 1. The van der Waals surface area contributed by atoms with E-state index in [1.165, 1.54) is 0 Å². The molecule has 86 valence electrons. The zero-order valence-corrected chi connectivity index (χ0v) is 9.29. The third-order valence-electron chi connectivity index (χ3n) is 3.03. The lowest BCUT2D eigenvalue weighted by Gasteiger charge is -2.00. The predicted molar refractivity (Wildman–Crippen MR) is 68.6 cm³/mol. The molecule has 0 aliphatic carbocycles. The van der Waals surface area contributed by atoms with Gasteiger partial charge in [-0.25, -0.2) is 9.97 Å². The Balaban J connectivity index is 2.43. The van der Waals surface area contributed by atoms with E-state index in [2.05, 4.69) is 15.0 Å². The van der Waals surface area contributed by atoms with Crippen molar-refractivity contribution in [3.8, 4) is 0 Å². The van der Waals surface area contributed by atoms with Crippen LogP contribution in [0.3, 0.4) is 0 Å². The smallest absolute Gasteiger partial charge is 0.260 e. The molecule has 0 aliphatic rings. The van der Waals surface area contributed by atoms with Crippen LogP contribution in [0.1, 0.15) is 0 Å². The first-order valence-corrected chi connectivity index (χ1v) is 5.59. The SMILES string of the molecule is O=c1[nH]c2nc3cccnc3n2c2ccccc12. The van der Waals surface area contributed by atoms with Crippen molar-refractivity contribution in [1.29, 1.82) is 0 Å². The van der Waals surface area contributed by atoms with Crippen molar-refractivity contribution in [1.82, 2.24) is 19.4 Å². The Kier molecular flexibility index (Phi) is 1.64. The number of nitrogens with one attached hydrogen (secondary N) is 1. The molecule has 3 aromatic heterocycles. The lowest BCUT2D eigenvalue weighted by Crippen LogP contribution is -2.09. The van der Waals surface area contributed by atoms with Crippen LogP contribution < -0.4 is 5.56 Å². The largest absolute Gasteiger partial charge is 0.291 e. The van der Waals surface area contributed by atoms with Crippen LogP contribution >= 0.6 is 0 Å². The van der Waals surface area contributed by atoms with E-state index in [9.17, 15) is 4.79 Å². The zero-order valence-electron chi connectivity index (χ0n) is 9.29. The van der Waals surface area contributed by atoms with E-state index in [1.54, 1.807) is 12.3 Å². The van der Waals surface area contributed by atoms with Gasteiger partial charge < -0.3 is 0 Å². The molecule has 0 radical (unpaired) electrons. The molecule has 0 amide bonds. The minimum absolute atomic E-state index is 0.131. The van der Waals surface area contributed by atoms with E-state index in [0.29, 0.717) is 11.2 Å². The summed E-state index contributed by atoms with van der Waals surface area (Å²) in [6.07, 6.45) is 1.72. The molecule has 0 atom stereocenters. The van der Waals surface area contributed by atoms with E-state index in [0.717, 1.165) is 16.7 Å². The first kappa shape index (κ1) is 9.35. The fraction of sp³-hybridized carbons (Fsp3) is 0. The quantitative estimate of drug-likeness (QED) is 0.505. The number of nitrogens with zero attached hydrogens (tertiary/aromatic N) is 3. The van der Waals surface area contributed by atoms with Crippen molar-refractivity contribution >= 4 is 27.8 Å². The molecule has 0 unspecified atom stereocenters. The van der Waals surface area contributed by atoms with E-state index in [4.69, 9.17) is 0 Å². The normalized spacial score (nSPS) is 11.6. The topological polar surface area (TPSA) is 63.0 Å². The third-order valence-corrected chi connectivity index (χ3v) is 3.03. The maximum atomic E-state index is 11.9. The zero-order chi connectivity index (χ0) is 12.1. The highest BCUT2D eigenvalue weighted by molar-refractivity contribution is 5.86. The summed E-state index contributed by atoms with van der Waals surface area (Å²) < 4.78 is 1.87. The van der Waals surface area contributed by atoms with Crippen molar-refractivity contribution in [3.05, 3.63) is 52.9 Å². The van der Waals surface area contributed by atoms with Gasteiger partial charge in [-0.05, 0) is 24.3 Å². The molecule has 0 saturated carbocycles. The maximum Gasteiger partial charge on any atom is 0.260 e. The number of H-pyrrole nitrogens is 1. The molecule has 4 rings (SSSR count). The summed E-state index contributed by atoms with van der Waals surface area (Å²) in [6.45, 7) is 0. The second-order valence-electron chi connectivity index (χ2n) is 4.09. The van der Waals surface area contributed by atoms with Crippen LogP contribution in [-0.2, 0) is 0 Å². The van der Waals surface area contributed by atoms with Crippen molar-refractivity contribution < 1.29 is 0 Å². The summed E-state index contributed by atoms with van der Waals surface area (Å²) >= 11 is 0. The van der Waals surface area contributed by atoms with E-state index in [1.807, 2.05) is 34.7 Å². The number of hydrogen-bond acceptors (Lipinski definition) is 3. The van der Waals surface area contributed by atoms with Gasteiger partial charge >= 0.3 is 0 Å². The number of pyridine rings is 1.